The second-order valence-electron chi connectivity index (χ2n) is 6.53. The Kier molecular flexibility index (Phi) is 4.41. The van der Waals surface area contributed by atoms with Gasteiger partial charge >= 0.3 is 0 Å². The minimum atomic E-state index is -0.630. The highest BCUT2D eigenvalue weighted by molar-refractivity contribution is 6.14. The first-order valence-electron chi connectivity index (χ1n) is 8.86. The molecule has 0 aliphatic rings. The zero-order chi connectivity index (χ0) is 19.7. The first-order chi connectivity index (χ1) is 13.6. The third-order valence-corrected chi connectivity index (χ3v) is 4.62. The van der Waals surface area contributed by atoms with Crippen molar-refractivity contribution in [1.29, 1.82) is 0 Å². The third-order valence-electron chi connectivity index (χ3n) is 4.62. The van der Waals surface area contributed by atoms with Gasteiger partial charge in [-0.05, 0) is 43.3 Å². The number of nitrogens with one attached hydrogen (secondary N) is 1. The summed E-state index contributed by atoms with van der Waals surface area (Å²) in [6.45, 7) is 1.96. The van der Waals surface area contributed by atoms with E-state index in [4.69, 9.17) is 0 Å². The lowest BCUT2D eigenvalue weighted by Gasteiger charge is -2.23. The van der Waals surface area contributed by atoms with E-state index in [1.807, 2.05) is 49.4 Å². The van der Waals surface area contributed by atoms with Crippen LogP contribution in [0.2, 0.25) is 0 Å². The van der Waals surface area contributed by atoms with E-state index in [0.717, 1.165) is 5.56 Å². The van der Waals surface area contributed by atoms with Gasteiger partial charge in [-0.3, -0.25) is 14.5 Å². The van der Waals surface area contributed by atoms with Crippen molar-refractivity contribution in [3.05, 3.63) is 100 Å². The van der Waals surface area contributed by atoms with E-state index in [0.29, 0.717) is 22.3 Å². The molecule has 0 unspecified atom stereocenters. The number of fused-ring (bicyclic) bond motifs is 1. The minimum absolute atomic E-state index is 0.289. The van der Waals surface area contributed by atoms with E-state index in [9.17, 15) is 14.7 Å². The predicted octanol–water partition coefficient (Wildman–Crippen LogP) is 4.52. The maximum Gasteiger partial charge on any atom is 0.272 e. The Morgan fingerprint density at radius 3 is 2.18 bits per heavy atom. The van der Waals surface area contributed by atoms with Crippen LogP contribution in [-0.2, 0) is 0 Å². The minimum Gasteiger partial charge on any atom is -0.506 e. The van der Waals surface area contributed by atoms with Crippen molar-refractivity contribution in [2.45, 2.75) is 6.92 Å². The third kappa shape index (κ3) is 3.03. The van der Waals surface area contributed by atoms with Gasteiger partial charge in [0.25, 0.3) is 11.5 Å². The van der Waals surface area contributed by atoms with Gasteiger partial charge in [0.05, 0.1) is 5.52 Å². The Labute approximate surface area is 161 Å². The number of aromatic nitrogens is 1. The summed E-state index contributed by atoms with van der Waals surface area (Å²) in [4.78, 5) is 30.2. The van der Waals surface area contributed by atoms with Crippen LogP contribution in [-0.4, -0.2) is 16.0 Å². The standard InChI is InChI=1S/C23H18N2O3/c1-15-11-13-17(14-12-15)25(16-7-3-2-4-8-16)23(28)20-21(26)18-9-5-6-10-19(18)24-22(20)27/h2-14H,1H3,(H2,24,26,27). The molecular formula is C23H18N2O3. The van der Waals surface area contributed by atoms with Gasteiger partial charge < -0.3 is 10.1 Å². The molecule has 4 aromatic rings. The van der Waals surface area contributed by atoms with E-state index in [-0.39, 0.29) is 11.3 Å². The number of aryl methyl sites for hydroxylation is 1. The molecule has 0 aliphatic carbocycles. The molecule has 0 saturated carbocycles. The van der Waals surface area contributed by atoms with Crippen molar-refractivity contribution in [1.82, 2.24) is 4.98 Å². The molecule has 138 valence electrons. The number of benzene rings is 3. The second kappa shape index (κ2) is 7.04. The number of carbonyl (C=O) groups excluding carboxylic acids is 1. The molecule has 0 saturated heterocycles. The van der Waals surface area contributed by atoms with Gasteiger partial charge in [0.2, 0.25) is 0 Å². The first kappa shape index (κ1) is 17.5. The van der Waals surface area contributed by atoms with E-state index in [2.05, 4.69) is 4.98 Å². The highest BCUT2D eigenvalue weighted by Gasteiger charge is 2.26. The van der Waals surface area contributed by atoms with Crippen molar-refractivity contribution in [3.63, 3.8) is 0 Å². The summed E-state index contributed by atoms with van der Waals surface area (Å²) in [7, 11) is 0. The molecule has 2 N–H and O–H groups in total. The smallest absolute Gasteiger partial charge is 0.272 e. The Balaban J connectivity index is 1.93. The maximum atomic E-state index is 13.5. The lowest BCUT2D eigenvalue weighted by atomic mass is 10.1. The Morgan fingerprint density at radius 1 is 0.857 bits per heavy atom. The van der Waals surface area contributed by atoms with Crippen molar-refractivity contribution in [3.8, 4) is 5.75 Å². The quantitative estimate of drug-likeness (QED) is 0.557. The van der Waals surface area contributed by atoms with Crippen LogP contribution >= 0.6 is 0 Å². The molecule has 0 spiro atoms. The summed E-state index contributed by atoms with van der Waals surface area (Å²) in [5.74, 6) is -0.919. The lowest BCUT2D eigenvalue weighted by molar-refractivity contribution is 0.0995. The molecule has 5 nitrogen and oxygen atoms in total. The number of amides is 1. The van der Waals surface area contributed by atoms with Gasteiger partial charge in [-0.15, -0.1) is 0 Å². The topological polar surface area (TPSA) is 73.4 Å². The maximum absolute atomic E-state index is 13.5. The molecule has 1 aromatic heterocycles. The summed E-state index contributed by atoms with van der Waals surface area (Å²) in [6.07, 6.45) is 0. The molecular weight excluding hydrogens is 352 g/mol. The number of aromatic amines is 1. The monoisotopic (exact) mass is 370 g/mol. The van der Waals surface area contributed by atoms with Crippen LogP contribution in [0.15, 0.2) is 83.7 Å². The normalized spacial score (nSPS) is 10.8. The highest BCUT2D eigenvalue weighted by atomic mass is 16.3. The Bertz CT molecular complexity index is 1210. The summed E-state index contributed by atoms with van der Waals surface area (Å²) in [6, 6.07) is 23.3. The number of rotatable bonds is 3. The van der Waals surface area contributed by atoms with E-state index >= 15 is 0 Å². The van der Waals surface area contributed by atoms with Gasteiger partial charge in [0.1, 0.15) is 11.3 Å². The van der Waals surface area contributed by atoms with Gasteiger partial charge in [0, 0.05) is 16.8 Å². The van der Waals surface area contributed by atoms with E-state index in [1.54, 1.807) is 36.4 Å². The Morgan fingerprint density at radius 2 is 1.46 bits per heavy atom. The van der Waals surface area contributed by atoms with Crippen molar-refractivity contribution in [2.75, 3.05) is 4.90 Å². The highest BCUT2D eigenvalue weighted by Crippen LogP contribution is 2.31. The van der Waals surface area contributed by atoms with Crippen LogP contribution in [0, 0.1) is 6.92 Å². The molecule has 0 fully saturated rings. The number of H-pyrrole nitrogens is 1. The molecule has 4 rings (SSSR count). The van der Waals surface area contributed by atoms with Crippen LogP contribution in [0.3, 0.4) is 0 Å². The first-order valence-corrected chi connectivity index (χ1v) is 8.86. The number of nitrogens with zero attached hydrogens (tertiary/aromatic N) is 1. The molecule has 0 bridgehead atoms. The molecule has 1 heterocycles. The van der Waals surface area contributed by atoms with Gasteiger partial charge in [0.15, 0.2) is 0 Å². The van der Waals surface area contributed by atoms with E-state index in [1.165, 1.54) is 4.90 Å². The van der Waals surface area contributed by atoms with Crippen LogP contribution in [0.1, 0.15) is 15.9 Å². The molecule has 0 radical (unpaired) electrons. The number of aromatic hydroxyl groups is 1. The fourth-order valence-electron chi connectivity index (χ4n) is 3.19. The SMILES string of the molecule is Cc1ccc(N(C(=O)c2c(O)c3ccccc3[nH]c2=O)c2ccccc2)cc1. The number of carbonyl (C=O) groups is 1. The summed E-state index contributed by atoms with van der Waals surface area (Å²) >= 11 is 0. The average molecular weight is 370 g/mol. The number of pyridine rings is 1. The molecule has 3 aromatic carbocycles. The lowest BCUT2D eigenvalue weighted by Crippen LogP contribution is -2.31. The molecule has 1 amide bonds. The number of hydrogen-bond donors (Lipinski definition) is 2. The molecule has 0 aliphatic heterocycles. The van der Waals surface area contributed by atoms with Gasteiger partial charge in [-0.25, -0.2) is 0 Å². The van der Waals surface area contributed by atoms with Crippen molar-refractivity contribution >= 4 is 28.2 Å². The predicted molar refractivity (Wildman–Crippen MR) is 110 cm³/mol. The Hall–Kier alpha value is -3.86. The molecule has 5 heteroatoms. The number of para-hydroxylation sites is 2. The van der Waals surface area contributed by atoms with Gasteiger partial charge in [-0.2, -0.15) is 0 Å². The summed E-state index contributed by atoms with van der Waals surface area (Å²) < 4.78 is 0. The average Bonchev–Trinajstić information content (AvgIpc) is 2.70. The van der Waals surface area contributed by atoms with Gasteiger partial charge in [-0.1, -0.05) is 48.0 Å². The van der Waals surface area contributed by atoms with Crippen LogP contribution in [0.5, 0.6) is 5.75 Å². The zero-order valence-electron chi connectivity index (χ0n) is 15.2. The summed E-state index contributed by atoms with van der Waals surface area (Å²) in [5.41, 5.74) is 1.81. The van der Waals surface area contributed by atoms with Crippen LogP contribution in [0.25, 0.3) is 10.9 Å². The zero-order valence-corrected chi connectivity index (χ0v) is 15.2. The van der Waals surface area contributed by atoms with Crippen LogP contribution < -0.4 is 10.5 Å². The second-order valence-corrected chi connectivity index (χ2v) is 6.53. The van der Waals surface area contributed by atoms with Crippen molar-refractivity contribution in [2.24, 2.45) is 0 Å². The van der Waals surface area contributed by atoms with Crippen LogP contribution in [0.4, 0.5) is 11.4 Å². The molecule has 28 heavy (non-hydrogen) atoms. The number of anilines is 2. The fourth-order valence-corrected chi connectivity index (χ4v) is 3.19. The number of hydrogen-bond acceptors (Lipinski definition) is 3. The summed E-state index contributed by atoms with van der Waals surface area (Å²) in [5, 5.41) is 11.1. The van der Waals surface area contributed by atoms with E-state index < -0.39 is 11.5 Å². The largest absolute Gasteiger partial charge is 0.506 e. The van der Waals surface area contributed by atoms with Crippen molar-refractivity contribution < 1.29 is 9.90 Å². The fraction of sp³-hybridized carbons (Fsp3) is 0.0435. The molecule has 0 atom stereocenters.